The first-order chi connectivity index (χ1) is 9.02. The summed E-state index contributed by atoms with van der Waals surface area (Å²) in [5, 5.41) is 2.98. The van der Waals surface area contributed by atoms with E-state index in [1.807, 2.05) is 6.92 Å². The maximum Gasteiger partial charge on any atom is 0.224 e. The largest absolute Gasteiger partial charge is 0.356 e. The average molecular weight is 262 g/mol. The number of rotatable bonds is 7. The van der Waals surface area contributed by atoms with Crippen molar-refractivity contribution in [3.8, 4) is 0 Å². The Kier molecular flexibility index (Phi) is 6.57. The minimum Gasteiger partial charge on any atom is -0.356 e. The molecule has 3 heteroatoms. The number of aryl methyl sites for hydroxylation is 2. The Bertz CT molecular complexity index is 415. The minimum absolute atomic E-state index is 0.106. The molecule has 106 valence electrons. The lowest BCUT2D eigenvalue weighted by molar-refractivity contribution is -0.120. The molecule has 3 nitrogen and oxygen atoms in total. The van der Waals surface area contributed by atoms with Crippen molar-refractivity contribution in [1.29, 1.82) is 0 Å². The molecule has 0 aliphatic heterocycles. The van der Waals surface area contributed by atoms with Crippen LogP contribution in [0.1, 0.15) is 36.5 Å². The Hall–Kier alpha value is -1.35. The first-order valence-corrected chi connectivity index (χ1v) is 7.05. The van der Waals surface area contributed by atoms with Crippen LogP contribution in [0, 0.1) is 19.8 Å². The van der Waals surface area contributed by atoms with Gasteiger partial charge in [-0.1, -0.05) is 30.7 Å². The van der Waals surface area contributed by atoms with Crippen LogP contribution in [0.25, 0.3) is 0 Å². The monoisotopic (exact) mass is 262 g/mol. The van der Waals surface area contributed by atoms with Crippen LogP contribution in [0.2, 0.25) is 0 Å². The zero-order valence-electron chi connectivity index (χ0n) is 12.3. The Morgan fingerprint density at radius 3 is 2.79 bits per heavy atom. The molecule has 19 heavy (non-hydrogen) atoms. The van der Waals surface area contributed by atoms with E-state index in [-0.39, 0.29) is 5.91 Å². The standard InChI is InChI=1S/C16H26N2O/c1-12-6-7-14(3)15(9-12)10-16(19)18-8-4-5-13(2)11-17/h6-7,9,13H,4-5,8,10-11,17H2,1-3H3,(H,18,19). The zero-order valence-corrected chi connectivity index (χ0v) is 12.3. The van der Waals surface area contributed by atoms with Gasteiger partial charge in [0.1, 0.15) is 0 Å². The molecule has 0 radical (unpaired) electrons. The van der Waals surface area contributed by atoms with E-state index in [0.29, 0.717) is 12.3 Å². The Labute approximate surface area is 116 Å². The fraction of sp³-hybridized carbons (Fsp3) is 0.562. The van der Waals surface area contributed by atoms with Crippen molar-refractivity contribution < 1.29 is 4.79 Å². The van der Waals surface area contributed by atoms with Gasteiger partial charge in [0.25, 0.3) is 0 Å². The zero-order chi connectivity index (χ0) is 14.3. The predicted octanol–water partition coefficient (Wildman–Crippen LogP) is 2.34. The van der Waals surface area contributed by atoms with Crippen LogP contribution >= 0.6 is 0 Å². The van der Waals surface area contributed by atoms with Crippen LogP contribution in [0.15, 0.2) is 18.2 Å². The Balaban J connectivity index is 2.33. The molecule has 0 saturated heterocycles. The molecule has 1 rings (SSSR count). The molecule has 0 aromatic heterocycles. The molecular formula is C16H26N2O. The second-order valence-corrected chi connectivity index (χ2v) is 5.44. The molecule has 0 aliphatic carbocycles. The van der Waals surface area contributed by atoms with E-state index in [1.54, 1.807) is 0 Å². The Morgan fingerprint density at radius 1 is 1.37 bits per heavy atom. The summed E-state index contributed by atoms with van der Waals surface area (Å²) in [6.07, 6.45) is 2.54. The summed E-state index contributed by atoms with van der Waals surface area (Å²) in [5.74, 6) is 0.644. The van der Waals surface area contributed by atoms with E-state index in [9.17, 15) is 4.79 Å². The van der Waals surface area contributed by atoms with E-state index in [0.717, 1.165) is 31.5 Å². The second kappa shape index (κ2) is 7.95. The molecule has 1 aromatic carbocycles. The number of hydrogen-bond donors (Lipinski definition) is 2. The summed E-state index contributed by atoms with van der Waals surface area (Å²) in [7, 11) is 0. The molecular weight excluding hydrogens is 236 g/mol. The smallest absolute Gasteiger partial charge is 0.224 e. The topological polar surface area (TPSA) is 55.1 Å². The van der Waals surface area contributed by atoms with E-state index in [4.69, 9.17) is 5.73 Å². The number of nitrogens with one attached hydrogen (secondary N) is 1. The van der Waals surface area contributed by atoms with Crippen molar-refractivity contribution in [1.82, 2.24) is 5.32 Å². The maximum atomic E-state index is 11.9. The number of amides is 1. The van der Waals surface area contributed by atoms with E-state index in [2.05, 4.69) is 37.4 Å². The lowest BCUT2D eigenvalue weighted by atomic mass is 10.0. The van der Waals surface area contributed by atoms with Crippen LogP contribution in [-0.2, 0) is 11.2 Å². The molecule has 1 atom stereocenters. The highest BCUT2D eigenvalue weighted by atomic mass is 16.1. The molecule has 0 bridgehead atoms. The van der Waals surface area contributed by atoms with Gasteiger partial charge in [-0.2, -0.15) is 0 Å². The van der Waals surface area contributed by atoms with Crippen LogP contribution in [0.3, 0.4) is 0 Å². The number of benzene rings is 1. The third kappa shape index (κ3) is 5.88. The third-order valence-corrected chi connectivity index (χ3v) is 3.45. The van der Waals surface area contributed by atoms with Gasteiger partial charge in [-0.05, 0) is 50.3 Å². The van der Waals surface area contributed by atoms with Gasteiger partial charge in [0.15, 0.2) is 0 Å². The molecule has 1 aromatic rings. The number of hydrogen-bond acceptors (Lipinski definition) is 2. The molecule has 0 aliphatic rings. The van der Waals surface area contributed by atoms with Crippen LogP contribution in [-0.4, -0.2) is 19.0 Å². The first kappa shape index (κ1) is 15.7. The van der Waals surface area contributed by atoms with Crippen LogP contribution in [0.4, 0.5) is 0 Å². The Morgan fingerprint density at radius 2 is 2.11 bits per heavy atom. The fourth-order valence-corrected chi connectivity index (χ4v) is 2.02. The first-order valence-electron chi connectivity index (χ1n) is 7.05. The van der Waals surface area contributed by atoms with Crippen molar-refractivity contribution in [2.45, 2.75) is 40.0 Å². The van der Waals surface area contributed by atoms with Gasteiger partial charge in [-0.15, -0.1) is 0 Å². The summed E-state index contributed by atoms with van der Waals surface area (Å²) in [5.41, 5.74) is 9.06. The fourth-order valence-electron chi connectivity index (χ4n) is 2.02. The highest BCUT2D eigenvalue weighted by Gasteiger charge is 2.06. The lowest BCUT2D eigenvalue weighted by Crippen LogP contribution is -2.27. The van der Waals surface area contributed by atoms with Crippen LogP contribution in [0.5, 0.6) is 0 Å². The van der Waals surface area contributed by atoms with Crippen molar-refractivity contribution >= 4 is 5.91 Å². The summed E-state index contributed by atoms with van der Waals surface area (Å²) in [6.45, 7) is 7.70. The lowest BCUT2D eigenvalue weighted by Gasteiger charge is -2.10. The molecule has 0 heterocycles. The van der Waals surface area contributed by atoms with E-state index in [1.165, 1.54) is 11.1 Å². The summed E-state index contributed by atoms with van der Waals surface area (Å²) >= 11 is 0. The van der Waals surface area contributed by atoms with Gasteiger partial charge in [-0.25, -0.2) is 0 Å². The second-order valence-electron chi connectivity index (χ2n) is 5.44. The van der Waals surface area contributed by atoms with Crippen molar-refractivity contribution in [3.63, 3.8) is 0 Å². The average Bonchev–Trinajstić information content (AvgIpc) is 2.38. The predicted molar refractivity (Wildman–Crippen MR) is 80.1 cm³/mol. The van der Waals surface area contributed by atoms with E-state index < -0.39 is 0 Å². The summed E-state index contributed by atoms with van der Waals surface area (Å²) in [6, 6.07) is 6.23. The highest BCUT2D eigenvalue weighted by molar-refractivity contribution is 5.78. The van der Waals surface area contributed by atoms with Gasteiger partial charge < -0.3 is 11.1 Å². The highest BCUT2D eigenvalue weighted by Crippen LogP contribution is 2.11. The molecule has 1 amide bonds. The van der Waals surface area contributed by atoms with E-state index >= 15 is 0 Å². The number of carbonyl (C=O) groups excluding carboxylic acids is 1. The van der Waals surface area contributed by atoms with Crippen LogP contribution < -0.4 is 11.1 Å². The maximum absolute atomic E-state index is 11.9. The molecule has 3 N–H and O–H groups in total. The quantitative estimate of drug-likeness (QED) is 0.741. The summed E-state index contributed by atoms with van der Waals surface area (Å²) in [4.78, 5) is 11.9. The van der Waals surface area contributed by atoms with Crippen molar-refractivity contribution in [2.75, 3.05) is 13.1 Å². The third-order valence-electron chi connectivity index (χ3n) is 3.45. The molecule has 0 saturated carbocycles. The molecule has 1 unspecified atom stereocenters. The van der Waals surface area contributed by atoms with Gasteiger partial charge in [0.05, 0.1) is 6.42 Å². The van der Waals surface area contributed by atoms with Crippen molar-refractivity contribution in [2.24, 2.45) is 11.7 Å². The van der Waals surface area contributed by atoms with Gasteiger partial charge >= 0.3 is 0 Å². The summed E-state index contributed by atoms with van der Waals surface area (Å²) < 4.78 is 0. The van der Waals surface area contributed by atoms with Crippen molar-refractivity contribution in [3.05, 3.63) is 34.9 Å². The molecule has 0 spiro atoms. The SMILES string of the molecule is Cc1ccc(C)c(CC(=O)NCCCC(C)CN)c1. The number of nitrogens with two attached hydrogens (primary N) is 1. The minimum atomic E-state index is 0.106. The van der Waals surface area contributed by atoms with Gasteiger partial charge in [0, 0.05) is 6.54 Å². The molecule has 0 fully saturated rings. The van der Waals surface area contributed by atoms with Gasteiger partial charge in [0.2, 0.25) is 5.91 Å². The normalized spacial score (nSPS) is 12.2. The van der Waals surface area contributed by atoms with Gasteiger partial charge in [-0.3, -0.25) is 4.79 Å². The number of carbonyl (C=O) groups is 1.